The molecule has 7 heteroatoms. The third-order valence-corrected chi connectivity index (χ3v) is 6.92. The lowest BCUT2D eigenvalue weighted by Crippen LogP contribution is -2.32. The molecule has 4 rings (SSSR count). The predicted molar refractivity (Wildman–Crippen MR) is 160 cm³/mol. The van der Waals surface area contributed by atoms with Gasteiger partial charge in [0.25, 0.3) is 5.91 Å². The van der Waals surface area contributed by atoms with Crippen LogP contribution in [0, 0.1) is 0 Å². The molecule has 0 bridgehead atoms. The molecule has 1 aliphatic heterocycles. The van der Waals surface area contributed by atoms with Crippen molar-refractivity contribution >= 4 is 28.9 Å². The molecule has 0 saturated carbocycles. The fourth-order valence-electron chi connectivity index (χ4n) is 4.94. The third kappa shape index (κ3) is 7.39. The minimum absolute atomic E-state index is 0.0431. The number of hydrogen-bond acceptors (Lipinski definition) is 5. The summed E-state index contributed by atoms with van der Waals surface area (Å²) in [5.74, 6) is 0.529. The van der Waals surface area contributed by atoms with E-state index in [1.54, 1.807) is 0 Å². The number of carbonyl (C=O) groups is 2. The van der Waals surface area contributed by atoms with Gasteiger partial charge in [-0.3, -0.25) is 9.59 Å². The van der Waals surface area contributed by atoms with E-state index < -0.39 is 0 Å². The zero-order valence-electron chi connectivity index (χ0n) is 23.5. The average Bonchev–Trinajstić information content (AvgIpc) is 3.09. The standard InChI is InChI=1S/C32H40N4O3/c1-5-18-35(4)19-8-21-39-31-22-26(13-16-28(31)25-11-14-27(15-12-25)34-24(3)37)32(38)36-20-17-23(2)33-29-9-6-7-10-30(29)36/h6-7,9-16,22-23,33H,5,8,17-21H2,1-4H3,(H,34,37)/t23-/m0/s1. The van der Waals surface area contributed by atoms with Crippen LogP contribution in [0.4, 0.5) is 17.1 Å². The van der Waals surface area contributed by atoms with Gasteiger partial charge in [0.1, 0.15) is 5.75 Å². The van der Waals surface area contributed by atoms with Gasteiger partial charge in [0.05, 0.1) is 18.0 Å². The third-order valence-electron chi connectivity index (χ3n) is 6.92. The fourth-order valence-corrected chi connectivity index (χ4v) is 4.94. The molecule has 2 amide bonds. The number of nitrogens with one attached hydrogen (secondary N) is 2. The van der Waals surface area contributed by atoms with E-state index in [1.807, 2.05) is 71.6 Å². The molecule has 0 fully saturated rings. The molecule has 0 spiro atoms. The number of hydrogen-bond donors (Lipinski definition) is 2. The maximum atomic E-state index is 13.9. The van der Waals surface area contributed by atoms with Crippen LogP contribution in [0.5, 0.6) is 5.75 Å². The van der Waals surface area contributed by atoms with Crippen molar-refractivity contribution in [3.63, 3.8) is 0 Å². The van der Waals surface area contributed by atoms with Crippen molar-refractivity contribution in [2.75, 3.05) is 48.8 Å². The summed E-state index contributed by atoms with van der Waals surface area (Å²) >= 11 is 0. The molecule has 1 heterocycles. The molecule has 206 valence electrons. The summed E-state index contributed by atoms with van der Waals surface area (Å²) < 4.78 is 6.32. The van der Waals surface area contributed by atoms with Gasteiger partial charge >= 0.3 is 0 Å². The molecular weight excluding hydrogens is 488 g/mol. The summed E-state index contributed by atoms with van der Waals surface area (Å²) in [5.41, 5.74) is 5.07. The quantitative estimate of drug-likeness (QED) is 0.303. The van der Waals surface area contributed by atoms with Gasteiger partial charge in [-0.15, -0.1) is 0 Å². The SMILES string of the molecule is CCCN(C)CCCOc1cc(C(=O)N2CC[C@H](C)Nc3ccccc32)ccc1-c1ccc(NC(C)=O)cc1. The summed E-state index contributed by atoms with van der Waals surface area (Å²) in [6.07, 6.45) is 2.86. The molecule has 1 atom stereocenters. The summed E-state index contributed by atoms with van der Waals surface area (Å²) in [6.45, 7) is 9.00. The van der Waals surface area contributed by atoms with E-state index in [0.29, 0.717) is 24.5 Å². The van der Waals surface area contributed by atoms with Crippen molar-refractivity contribution < 1.29 is 14.3 Å². The number of carbonyl (C=O) groups excluding carboxylic acids is 2. The smallest absolute Gasteiger partial charge is 0.258 e. The van der Waals surface area contributed by atoms with Crippen molar-refractivity contribution in [2.24, 2.45) is 0 Å². The summed E-state index contributed by atoms with van der Waals surface area (Å²) in [6, 6.07) is 21.6. The maximum Gasteiger partial charge on any atom is 0.258 e. The van der Waals surface area contributed by atoms with Gasteiger partial charge < -0.3 is 25.2 Å². The Morgan fingerprint density at radius 1 is 1.08 bits per heavy atom. The second-order valence-electron chi connectivity index (χ2n) is 10.3. The van der Waals surface area contributed by atoms with E-state index in [9.17, 15) is 9.59 Å². The molecule has 3 aromatic carbocycles. The molecule has 0 unspecified atom stereocenters. The number of nitrogens with zero attached hydrogens (tertiary/aromatic N) is 2. The van der Waals surface area contributed by atoms with Crippen LogP contribution in [0.15, 0.2) is 66.7 Å². The molecule has 7 nitrogen and oxygen atoms in total. The summed E-state index contributed by atoms with van der Waals surface area (Å²) in [4.78, 5) is 29.5. The molecule has 1 aliphatic rings. The van der Waals surface area contributed by atoms with Gasteiger partial charge in [-0.1, -0.05) is 31.2 Å². The van der Waals surface area contributed by atoms with Crippen LogP contribution in [0.1, 0.15) is 50.4 Å². The lowest BCUT2D eigenvalue weighted by molar-refractivity contribution is -0.114. The lowest BCUT2D eigenvalue weighted by atomic mass is 10.0. The zero-order valence-corrected chi connectivity index (χ0v) is 23.5. The largest absolute Gasteiger partial charge is 0.493 e. The van der Waals surface area contributed by atoms with Crippen molar-refractivity contribution in [1.82, 2.24) is 4.90 Å². The zero-order chi connectivity index (χ0) is 27.8. The van der Waals surface area contributed by atoms with Crippen LogP contribution in [0.25, 0.3) is 11.1 Å². The van der Waals surface area contributed by atoms with Crippen LogP contribution >= 0.6 is 0 Å². The summed E-state index contributed by atoms with van der Waals surface area (Å²) in [7, 11) is 2.12. The maximum absolute atomic E-state index is 13.9. The van der Waals surface area contributed by atoms with Crippen LogP contribution in [-0.4, -0.2) is 56.0 Å². The molecule has 39 heavy (non-hydrogen) atoms. The Morgan fingerprint density at radius 2 is 1.85 bits per heavy atom. The number of amides is 2. The van der Waals surface area contributed by atoms with Gasteiger partial charge in [0.15, 0.2) is 0 Å². The average molecular weight is 529 g/mol. The molecule has 3 aromatic rings. The van der Waals surface area contributed by atoms with Crippen LogP contribution in [0.2, 0.25) is 0 Å². The predicted octanol–water partition coefficient (Wildman–Crippen LogP) is 6.27. The normalized spacial score (nSPS) is 14.8. The first-order valence-corrected chi connectivity index (χ1v) is 13.9. The van der Waals surface area contributed by atoms with Gasteiger partial charge in [0, 0.05) is 42.9 Å². The molecular formula is C32H40N4O3. The van der Waals surface area contributed by atoms with E-state index in [2.05, 4.69) is 36.4 Å². The first-order chi connectivity index (χ1) is 18.9. The molecule has 2 N–H and O–H groups in total. The number of fused-ring (bicyclic) bond motifs is 1. The highest BCUT2D eigenvalue weighted by atomic mass is 16.5. The van der Waals surface area contributed by atoms with Crippen molar-refractivity contribution in [2.45, 2.75) is 46.1 Å². The Labute approximate surface area is 232 Å². The Bertz CT molecular complexity index is 1270. The number of anilines is 3. The minimum Gasteiger partial charge on any atom is -0.493 e. The highest BCUT2D eigenvalue weighted by Gasteiger charge is 2.25. The molecule has 0 radical (unpaired) electrons. The fraction of sp³-hybridized carbons (Fsp3) is 0.375. The summed E-state index contributed by atoms with van der Waals surface area (Å²) in [5, 5.41) is 6.33. The van der Waals surface area contributed by atoms with Gasteiger partial charge in [-0.25, -0.2) is 0 Å². The first kappa shape index (κ1) is 28.2. The first-order valence-electron chi connectivity index (χ1n) is 13.9. The van der Waals surface area contributed by atoms with Crippen LogP contribution in [-0.2, 0) is 4.79 Å². The molecule has 0 aliphatic carbocycles. The van der Waals surface area contributed by atoms with Crippen molar-refractivity contribution in [3.05, 3.63) is 72.3 Å². The topological polar surface area (TPSA) is 73.9 Å². The van der Waals surface area contributed by atoms with Crippen LogP contribution in [0.3, 0.4) is 0 Å². The Balaban J connectivity index is 1.61. The molecule has 0 aromatic heterocycles. The van der Waals surface area contributed by atoms with E-state index in [1.165, 1.54) is 6.92 Å². The van der Waals surface area contributed by atoms with Gasteiger partial charge in [-0.2, -0.15) is 0 Å². The monoisotopic (exact) mass is 528 g/mol. The Morgan fingerprint density at radius 3 is 2.59 bits per heavy atom. The van der Waals surface area contributed by atoms with E-state index in [4.69, 9.17) is 4.74 Å². The number of para-hydroxylation sites is 2. The van der Waals surface area contributed by atoms with Gasteiger partial charge in [0.2, 0.25) is 5.91 Å². The van der Waals surface area contributed by atoms with Crippen molar-refractivity contribution in [1.29, 1.82) is 0 Å². The Kier molecular flexibility index (Phi) is 9.60. The van der Waals surface area contributed by atoms with E-state index in [-0.39, 0.29) is 17.9 Å². The number of ether oxygens (including phenoxy) is 1. The second-order valence-corrected chi connectivity index (χ2v) is 10.3. The van der Waals surface area contributed by atoms with Gasteiger partial charge in [-0.05, 0) is 87.8 Å². The number of rotatable bonds is 10. The highest BCUT2D eigenvalue weighted by Crippen LogP contribution is 2.35. The van der Waals surface area contributed by atoms with Crippen LogP contribution < -0.4 is 20.3 Å². The van der Waals surface area contributed by atoms with E-state index in [0.717, 1.165) is 60.5 Å². The minimum atomic E-state index is -0.109. The molecule has 0 saturated heterocycles. The highest BCUT2D eigenvalue weighted by molar-refractivity contribution is 6.08. The lowest BCUT2D eigenvalue weighted by Gasteiger charge is -2.23. The second kappa shape index (κ2) is 13.3. The Hall–Kier alpha value is -3.84. The van der Waals surface area contributed by atoms with Crippen molar-refractivity contribution in [3.8, 4) is 16.9 Å². The van der Waals surface area contributed by atoms with E-state index >= 15 is 0 Å². The number of benzene rings is 3.